The lowest BCUT2D eigenvalue weighted by atomic mass is 10.1. The third-order valence-corrected chi connectivity index (χ3v) is 11.5. The molecule has 13 nitrogen and oxygen atoms in total. The lowest BCUT2D eigenvalue weighted by Gasteiger charge is -2.26. The van der Waals surface area contributed by atoms with Crippen molar-refractivity contribution in [1.82, 2.24) is 9.13 Å². The van der Waals surface area contributed by atoms with Crippen LogP contribution in [0.1, 0.15) is 11.8 Å². The molecule has 0 bridgehead atoms. The molecule has 1 aliphatic rings. The van der Waals surface area contributed by atoms with Crippen molar-refractivity contribution in [2.45, 2.75) is 41.3 Å². The van der Waals surface area contributed by atoms with Crippen molar-refractivity contribution in [3.8, 4) is 0 Å². The highest BCUT2D eigenvalue weighted by Gasteiger charge is 2.60. The van der Waals surface area contributed by atoms with E-state index in [0.29, 0.717) is 10.6 Å². The zero-order valence-electron chi connectivity index (χ0n) is 18.3. The van der Waals surface area contributed by atoms with E-state index in [4.69, 9.17) is 37.7 Å². The molecule has 19 heteroatoms. The minimum Gasteiger partial charge on any atom is -0.387 e. The summed E-state index contributed by atoms with van der Waals surface area (Å²) >= 11 is 10.6. The number of aryl methyl sites for hydroxylation is 1. The molecule has 206 valence electrons. The zero-order chi connectivity index (χ0) is 27.9. The Kier molecular flexibility index (Phi) is 8.90. The molecule has 3 rings (SSSR count). The van der Waals surface area contributed by atoms with Crippen molar-refractivity contribution in [3.05, 3.63) is 68.5 Å². The second-order valence-corrected chi connectivity index (χ2v) is 14.4. The monoisotopic (exact) mass is 610 g/mol. The van der Waals surface area contributed by atoms with Crippen LogP contribution < -0.4 is 11.2 Å². The maximum Gasteiger partial charge on any atom is 0.376 e. The molecule has 1 fully saturated rings. The number of halogens is 4. The summed E-state index contributed by atoms with van der Waals surface area (Å²) in [4.78, 5) is 53.1. The van der Waals surface area contributed by atoms with Crippen LogP contribution in [0.2, 0.25) is 0 Å². The largest absolute Gasteiger partial charge is 0.387 e. The van der Waals surface area contributed by atoms with Crippen molar-refractivity contribution in [2.75, 3.05) is 6.61 Å². The number of ether oxygens (including phenoxy) is 1. The van der Waals surface area contributed by atoms with Gasteiger partial charge in [0, 0.05) is 24.9 Å². The Balaban J connectivity index is 1.79. The maximum atomic E-state index is 13.9. The number of aliphatic hydroxyl groups is 2. The van der Waals surface area contributed by atoms with E-state index in [2.05, 4.69) is 4.52 Å². The van der Waals surface area contributed by atoms with Crippen LogP contribution in [0, 0.1) is 11.6 Å². The Bertz CT molecular complexity index is 1380. The highest BCUT2D eigenvalue weighted by Crippen LogP contribution is 2.75. The maximum absolute atomic E-state index is 13.9. The van der Waals surface area contributed by atoms with Gasteiger partial charge < -0.3 is 34.2 Å². The highest BCUT2D eigenvalue weighted by atomic mass is 35.5. The van der Waals surface area contributed by atoms with E-state index < -0.39 is 73.0 Å². The quantitative estimate of drug-likeness (QED) is 0.197. The molecule has 1 aromatic carbocycles. The molecule has 0 amide bonds. The molecular weight excluding hydrogens is 591 g/mol. The minimum atomic E-state index is -5.57. The van der Waals surface area contributed by atoms with Crippen LogP contribution in [0.5, 0.6) is 0 Å². The summed E-state index contributed by atoms with van der Waals surface area (Å²) < 4.78 is 58.3. The van der Waals surface area contributed by atoms with Gasteiger partial charge in [0.1, 0.15) is 29.9 Å². The third kappa shape index (κ3) is 6.07. The summed E-state index contributed by atoms with van der Waals surface area (Å²) in [5, 5.41) is 20.7. The van der Waals surface area contributed by atoms with Crippen molar-refractivity contribution in [2.24, 2.45) is 0 Å². The molecule has 2 heterocycles. The fraction of sp³-hybridized carbons (Fsp3) is 0.444. The standard InChI is InChI=1S/C18H20Cl2F2N2O11P2/c19-18(20,36(29,30)31)37(32,33)34-8-12-14(26)15(27)16(35-12)24-6-4-13(25)23(17(24)28)5-3-9-1-2-10(21)7-11(9)22/h1-2,4,6-7,12,14-16,26-27H,3,5,8H2,(H,32,33)(H2,29,30,31)/t12-,14-,15-,16-/m1/s1. The Morgan fingerprint density at radius 3 is 2.32 bits per heavy atom. The fourth-order valence-electron chi connectivity index (χ4n) is 3.40. The lowest BCUT2D eigenvalue weighted by molar-refractivity contribution is -0.0531. The average molecular weight is 611 g/mol. The van der Waals surface area contributed by atoms with Gasteiger partial charge in [0.15, 0.2) is 6.23 Å². The molecule has 2 aromatic rings. The van der Waals surface area contributed by atoms with E-state index in [1.165, 1.54) is 0 Å². The van der Waals surface area contributed by atoms with E-state index in [9.17, 15) is 42.6 Å². The van der Waals surface area contributed by atoms with E-state index >= 15 is 0 Å². The Labute approximate surface area is 216 Å². The van der Waals surface area contributed by atoms with Gasteiger partial charge >= 0.3 is 24.7 Å². The number of nitrogens with zero attached hydrogens (tertiary/aromatic N) is 2. The van der Waals surface area contributed by atoms with Crippen LogP contribution in [-0.2, 0) is 31.4 Å². The first-order valence-corrected chi connectivity index (χ1v) is 14.1. The van der Waals surface area contributed by atoms with Gasteiger partial charge in [0.2, 0.25) is 0 Å². The molecule has 1 aromatic heterocycles. The molecule has 0 spiro atoms. The van der Waals surface area contributed by atoms with Crippen LogP contribution in [0.4, 0.5) is 8.78 Å². The van der Waals surface area contributed by atoms with Gasteiger partial charge in [-0.15, -0.1) is 0 Å². The number of hydrogen-bond donors (Lipinski definition) is 5. The number of aromatic nitrogens is 2. The average Bonchev–Trinajstić information content (AvgIpc) is 3.06. The summed E-state index contributed by atoms with van der Waals surface area (Å²) in [6.45, 7) is -1.40. The zero-order valence-corrected chi connectivity index (χ0v) is 21.6. The molecule has 1 aliphatic heterocycles. The molecule has 0 aliphatic carbocycles. The molecule has 1 saturated heterocycles. The molecular formula is C18H20Cl2F2N2O11P2. The summed E-state index contributed by atoms with van der Waals surface area (Å²) in [5.74, 6) is -1.70. The van der Waals surface area contributed by atoms with Crippen LogP contribution in [0.15, 0.2) is 40.1 Å². The molecule has 0 saturated carbocycles. The van der Waals surface area contributed by atoms with Crippen molar-refractivity contribution in [1.29, 1.82) is 0 Å². The minimum absolute atomic E-state index is 0.0197. The second-order valence-electron chi connectivity index (χ2n) is 7.90. The predicted octanol–water partition coefficient (Wildman–Crippen LogP) is 0.619. The topological polar surface area (TPSA) is 198 Å². The first-order valence-electron chi connectivity index (χ1n) is 10.2. The molecule has 1 unspecified atom stereocenters. The second kappa shape index (κ2) is 10.9. The van der Waals surface area contributed by atoms with Crippen LogP contribution in [0.25, 0.3) is 0 Å². The molecule has 5 N–H and O–H groups in total. The van der Waals surface area contributed by atoms with Gasteiger partial charge in [-0.25, -0.2) is 13.6 Å². The Hall–Kier alpha value is -1.48. The van der Waals surface area contributed by atoms with E-state index in [0.717, 1.165) is 29.0 Å². The summed E-state index contributed by atoms with van der Waals surface area (Å²) in [6.07, 6.45) is -6.20. The van der Waals surface area contributed by atoms with E-state index in [1.807, 2.05) is 0 Å². The summed E-state index contributed by atoms with van der Waals surface area (Å²) in [5.41, 5.74) is -1.81. The van der Waals surface area contributed by atoms with Gasteiger partial charge in [-0.2, -0.15) is 0 Å². The summed E-state index contributed by atoms with van der Waals surface area (Å²) in [6, 6.07) is 3.70. The SMILES string of the molecule is O=c1ccn([C@@H]2O[C@H](COP(=O)(O)C(Cl)(Cl)P(=O)(O)O)[C@@H](O)[C@H]2O)c(=O)n1CCc1ccc(F)cc1F. The molecule has 5 atom stereocenters. The van der Waals surface area contributed by atoms with E-state index in [-0.39, 0.29) is 18.5 Å². The van der Waals surface area contributed by atoms with Crippen LogP contribution in [-0.4, -0.2) is 62.8 Å². The Morgan fingerprint density at radius 2 is 1.73 bits per heavy atom. The molecule has 0 radical (unpaired) electrons. The first-order chi connectivity index (χ1) is 17.0. The van der Waals surface area contributed by atoms with Gasteiger partial charge in [-0.05, 0) is 18.1 Å². The lowest BCUT2D eigenvalue weighted by Crippen LogP contribution is -2.43. The predicted molar refractivity (Wildman–Crippen MR) is 123 cm³/mol. The highest BCUT2D eigenvalue weighted by molar-refractivity contribution is 7.78. The fourth-order valence-corrected chi connectivity index (χ4v) is 5.69. The van der Waals surface area contributed by atoms with Crippen molar-refractivity contribution < 1.29 is 52.1 Å². The Morgan fingerprint density at radius 1 is 1.08 bits per heavy atom. The van der Waals surface area contributed by atoms with Crippen LogP contribution in [0.3, 0.4) is 0 Å². The number of aliphatic hydroxyl groups excluding tert-OH is 2. The first kappa shape index (κ1) is 30.1. The number of rotatable bonds is 9. The van der Waals surface area contributed by atoms with Crippen molar-refractivity contribution in [3.63, 3.8) is 0 Å². The molecule has 37 heavy (non-hydrogen) atoms. The number of alkyl halides is 2. The normalized spacial score (nSPS) is 24.2. The smallest absolute Gasteiger partial charge is 0.376 e. The van der Waals surface area contributed by atoms with Crippen LogP contribution >= 0.6 is 38.4 Å². The van der Waals surface area contributed by atoms with E-state index in [1.54, 1.807) is 0 Å². The van der Waals surface area contributed by atoms with Gasteiger partial charge in [-0.3, -0.25) is 23.1 Å². The van der Waals surface area contributed by atoms with Gasteiger partial charge in [-0.1, -0.05) is 29.3 Å². The number of hydrogen-bond acceptors (Lipinski definition) is 8. The van der Waals surface area contributed by atoms with Gasteiger partial charge in [0.05, 0.1) is 6.61 Å². The number of benzene rings is 1. The third-order valence-electron chi connectivity index (χ3n) is 5.43. The van der Waals surface area contributed by atoms with Gasteiger partial charge in [0.25, 0.3) is 5.56 Å². The van der Waals surface area contributed by atoms with Crippen molar-refractivity contribution >= 4 is 38.4 Å². The summed E-state index contributed by atoms with van der Waals surface area (Å²) in [7, 11) is -11.0.